The van der Waals surface area contributed by atoms with Crippen LogP contribution in [0.5, 0.6) is 0 Å². The summed E-state index contributed by atoms with van der Waals surface area (Å²) in [5.41, 5.74) is 4.66. The van der Waals surface area contributed by atoms with Gasteiger partial charge in [-0.1, -0.05) is 26.0 Å². The molecule has 0 spiro atoms. The Bertz CT molecular complexity index is 1150. The lowest BCUT2D eigenvalue weighted by atomic mass is 9.91. The van der Waals surface area contributed by atoms with Crippen molar-refractivity contribution in [1.29, 1.82) is 0 Å². The van der Waals surface area contributed by atoms with E-state index in [1.807, 2.05) is 30.9 Å². The van der Waals surface area contributed by atoms with Crippen molar-refractivity contribution in [2.45, 2.75) is 34.1 Å². The lowest BCUT2D eigenvalue weighted by Gasteiger charge is -2.35. The molecule has 2 amide bonds. The lowest BCUT2D eigenvalue weighted by Crippen LogP contribution is -2.42. The van der Waals surface area contributed by atoms with Crippen LogP contribution in [0.4, 0.5) is 5.69 Å². The maximum absolute atomic E-state index is 13.2. The molecule has 2 aromatic carbocycles. The molecule has 31 heavy (non-hydrogen) atoms. The van der Waals surface area contributed by atoms with Crippen molar-refractivity contribution in [3.05, 3.63) is 65.0 Å². The van der Waals surface area contributed by atoms with Crippen molar-refractivity contribution >= 4 is 28.5 Å². The third kappa shape index (κ3) is 4.43. The van der Waals surface area contributed by atoms with E-state index in [2.05, 4.69) is 29.1 Å². The predicted octanol–water partition coefficient (Wildman–Crippen LogP) is 4.62. The summed E-state index contributed by atoms with van der Waals surface area (Å²) in [6.07, 6.45) is 1.13. The SMILES string of the molecule is Cc1nc2ccc(C(=O)Nc3ccccc3C(=O)N3CC(C)CC(C)C3)cc2nc1C. The summed E-state index contributed by atoms with van der Waals surface area (Å²) < 4.78 is 0. The molecule has 160 valence electrons. The van der Waals surface area contributed by atoms with Crippen LogP contribution in [0.3, 0.4) is 0 Å². The smallest absolute Gasteiger partial charge is 0.255 e. The molecule has 1 aliphatic rings. The number of benzene rings is 2. The number of carbonyl (C=O) groups is 2. The van der Waals surface area contributed by atoms with Gasteiger partial charge in [-0.25, -0.2) is 9.97 Å². The van der Waals surface area contributed by atoms with Crippen LogP contribution < -0.4 is 5.32 Å². The fraction of sp³-hybridized carbons (Fsp3) is 0.360. The maximum atomic E-state index is 13.2. The Morgan fingerprint density at radius 3 is 2.29 bits per heavy atom. The Kier molecular flexibility index (Phi) is 5.72. The number of aromatic nitrogens is 2. The molecule has 2 heterocycles. The van der Waals surface area contributed by atoms with Crippen LogP contribution >= 0.6 is 0 Å². The van der Waals surface area contributed by atoms with Gasteiger partial charge in [-0.2, -0.15) is 0 Å². The van der Waals surface area contributed by atoms with Gasteiger partial charge in [0.05, 0.1) is 33.7 Å². The molecule has 6 nitrogen and oxygen atoms in total. The number of carbonyl (C=O) groups excluding carboxylic acids is 2. The summed E-state index contributed by atoms with van der Waals surface area (Å²) in [4.78, 5) is 37.2. The van der Waals surface area contributed by atoms with Crippen LogP contribution in [0.25, 0.3) is 11.0 Å². The van der Waals surface area contributed by atoms with E-state index in [0.717, 1.165) is 36.4 Å². The van der Waals surface area contributed by atoms with Gasteiger partial charge in [0, 0.05) is 18.7 Å². The first-order chi connectivity index (χ1) is 14.8. The Balaban J connectivity index is 1.59. The maximum Gasteiger partial charge on any atom is 0.255 e. The van der Waals surface area contributed by atoms with Gasteiger partial charge in [0.2, 0.25) is 0 Å². The highest BCUT2D eigenvalue weighted by Gasteiger charge is 2.27. The molecule has 0 bridgehead atoms. The first kappa shape index (κ1) is 21.0. The van der Waals surface area contributed by atoms with E-state index >= 15 is 0 Å². The predicted molar refractivity (Wildman–Crippen MR) is 122 cm³/mol. The van der Waals surface area contributed by atoms with E-state index < -0.39 is 0 Å². The highest BCUT2D eigenvalue weighted by molar-refractivity contribution is 6.09. The third-order valence-electron chi connectivity index (χ3n) is 5.90. The number of para-hydroxylation sites is 1. The molecule has 6 heteroatoms. The van der Waals surface area contributed by atoms with Crippen molar-refractivity contribution in [2.24, 2.45) is 11.8 Å². The molecule has 0 radical (unpaired) electrons. The fourth-order valence-electron chi connectivity index (χ4n) is 4.34. The van der Waals surface area contributed by atoms with Crippen molar-refractivity contribution in [3.8, 4) is 0 Å². The number of anilines is 1. The van der Waals surface area contributed by atoms with Gasteiger partial charge in [0.15, 0.2) is 0 Å². The zero-order valence-corrected chi connectivity index (χ0v) is 18.5. The minimum atomic E-state index is -0.275. The minimum absolute atomic E-state index is 0.0372. The van der Waals surface area contributed by atoms with Gasteiger partial charge in [0.1, 0.15) is 0 Å². The van der Waals surface area contributed by atoms with Crippen LogP contribution in [0, 0.1) is 25.7 Å². The number of rotatable bonds is 3. The molecule has 2 unspecified atom stereocenters. The second-order valence-electron chi connectivity index (χ2n) is 8.75. The average Bonchev–Trinajstić information content (AvgIpc) is 2.73. The highest BCUT2D eigenvalue weighted by atomic mass is 16.2. The van der Waals surface area contributed by atoms with Crippen LogP contribution in [0.15, 0.2) is 42.5 Å². The molecule has 1 aromatic heterocycles. The Hall–Kier alpha value is -3.28. The van der Waals surface area contributed by atoms with Crippen LogP contribution in [0.2, 0.25) is 0 Å². The first-order valence-corrected chi connectivity index (χ1v) is 10.8. The zero-order valence-electron chi connectivity index (χ0n) is 18.5. The second-order valence-corrected chi connectivity index (χ2v) is 8.75. The second kappa shape index (κ2) is 8.46. The summed E-state index contributed by atoms with van der Waals surface area (Å²) in [6.45, 7) is 9.66. The number of nitrogens with zero attached hydrogens (tertiary/aromatic N) is 3. The number of likely N-dealkylation sites (tertiary alicyclic amines) is 1. The largest absolute Gasteiger partial charge is 0.338 e. The summed E-state index contributed by atoms with van der Waals surface area (Å²) in [5, 5.41) is 2.93. The van der Waals surface area contributed by atoms with Gasteiger partial charge >= 0.3 is 0 Å². The topological polar surface area (TPSA) is 75.2 Å². The molecule has 1 saturated heterocycles. The number of hydrogen-bond acceptors (Lipinski definition) is 4. The molecule has 1 N–H and O–H groups in total. The van der Waals surface area contributed by atoms with E-state index in [0.29, 0.717) is 34.2 Å². The quantitative estimate of drug-likeness (QED) is 0.676. The first-order valence-electron chi connectivity index (χ1n) is 10.8. The summed E-state index contributed by atoms with van der Waals surface area (Å²) in [7, 11) is 0. The van der Waals surface area contributed by atoms with Gasteiger partial charge in [0.25, 0.3) is 11.8 Å². The standard InChI is InChI=1S/C25H28N4O2/c1-15-11-16(2)14-29(13-15)25(31)20-7-5-6-8-21(20)28-24(30)19-9-10-22-23(12-19)27-18(4)17(3)26-22/h5-10,12,15-16H,11,13-14H2,1-4H3,(H,28,30). The van der Waals surface area contributed by atoms with Crippen molar-refractivity contribution in [2.75, 3.05) is 18.4 Å². The molecular formula is C25H28N4O2. The van der Waals surface area contributed by atoms with E-state index in [4.69, 9.17) is 0 Å². The Morgan fingerprint density at radius 2 is 1.58 bits per heavy atom. The number of piperidine rings is 1. The average molecular weight is 417 g/mol. The van der Waals surface area contributed by atoms with E-state index in [1.165, 1.54) is 0 Å². The number of fused-ring (bicyclic) bond motifs is 1. The molecule has 4 rings (SSSR count). The highest BCUT2D eigenvalue weighted by Crippen LogP contribution is 2.25. The number of aryl methyl sites for hydroxylation is 2. The van der Waals surface area contributed by atoms with Crippen LogP contribution in [-0.4, -0.2) is 39.8 Å². The summed E-state index contributed by atoms with van der Waals surface area (Å²) >= 11 is 0. The number of hydrogen-bond donors (Lipinski definition) is 1. The van der Waals surface area contributed by atoms with Crippen LogP contribution in [0.1, 0.15) is 52.4 Å². The van der Waals surface area contributed by atoms with Crippen molar-refractivity contribution in [1.82, 2.24) is 14.9 Å². The third-order valence-corrected chi connectivity index (χ3v) is 5.90. The van der Waals surface area contributed by atoms with Gasteiger partial charge < -0.3 is 10.2 Å². The molecule has 1 aliphatic heterocycles. The molecule has 1 fully saturated rings. The van der Waals surface area contributed by atoms with Gasteiger partial charge in [-0.05, 0) is 62.4 Å². The Labute approximate surface area is 182 Å². The van der Waals surface area contributed by atoms with E-state index in [-0.39, 0.29) is 11.8 Å². The van der Waals surface area contributed by atoms with Crippen molar-refractivity contribution in [3.63, 3.8) is 0 Å². The van der Waals surface area contributed by atoms with Gasteiger partial charge in [-0.15, -0.1) is 0 Å². The number of nitrogens with one attached hydrogen (secondary N) is 1. The van der Waals surface area contributed by atoms with Crippen molar-refractivity contribution < 1.29 is 9.59 Å². The summed E-state index contributed by atoms with van der Waals surface area (Å²) in [5.74, 6) is 0.632. The fourth-order valence-corrected chi connectivity index (χ4v) is 4.34. The van der Waals surface area contributed by atoms with E-state index in [9.17, 15) is 9.59 Å². The Morgan fingerprint density at radius 1 is 0.935 bits per heavy atom. The minimum Gasteiger partial charge on any atom is -0.338 e. The van der Waals surface area contributed by atoms with Gasteiger partial charge in [-0.3, -0.25) is 9.59 Å². The molecule has 0 aliphatic carbocycles. The summed E-state index contributed by atoms with van der Waals surface area (Å²) in [6, 6.07) is 12.5. The monoisotopic (exact) mass is 416 g/mol. The lowest BCUT2D eigenvalue weighted by molar-refractivity contribution is 0.0624. The molecular weight excluding hydrogens is 388 g/mol. The molecule has 3 aromatic rings. The van der Waals surface area contributed by atoms with Crippen LogP contribution in [-0.2, 0) is 0 Å². The molecule has 0 saturated carbocycles. The zero-order chi connectivity index (χ0) is 22.1. The van der Waals surface area contributed by atoms with E-state index in [1.54, 1.807) is 30.3 Å². The molecule has 2 atom stereocenters. The number of amides is 2. The normalized spacial score (nSPS) is 18.8.